The zero-order chi connectivity index (χ0) is 18.8. The second-order valence-electron chi connectivity index (χ2n) is 7.71. The van der Waals surface area contributed by atoms with Gasteiger partial charge in [-0.15, -0.1) is 0 Å². The highest BCUT2D eigenvalue weighted by atomic mass is 32.2. The van der Waals surface area contributed by atoms with Crippen LogP contribution < -0.4 is 0 Å². The minimum absolute atomic E-state index is 0.338. The van der Waals surface area contributed by atoms with Gasteiger partial charge in [-0.05, 0) is 42.2 Å². The first-order valence-corrected chi connectivity index (χ1v) is 11.3. The van der Waals surface area contributed by atoms with Gasteiger partial charge >= 0.3 is 0 Å². The van der Waals surface area contributed by atoms with Crippen molar-refractivity contribution in [1.82, 2.24) is 14.5 Å². The monoisotopic (exact) mass is 381 g/mol. The van der Waals surface area contributed by atoms with Crippen molar-refractivity contribution >= 4 is 10.8 Å². The van der Waals surface area contributed by atoms with Crippen LogP contribution in [0.2, 0.25) is 0 Å². The zero-order valence-corrected chi connectivity index (χ0v) is 16.8. The molecule has 1 fully saturated rings. The van der Waals surface area contributed by atoms with Crippen molar-refractivity contribution in [2.45, 2.75) is 42.9 Å². The Balaban J connectivity index is 1.65. The number of aromatic amines is 1. The quantitative estimate of drug-likeness (QED) is 0.662. The van der Waals surface area contributed by atoms with Gasteiger partial charge in [-0.2, -0.15) is 0 Å². The average molecular weight is 382 g/mol. The molecule has 1 aliphatic carbocycles. The summed E-state index contributed by atoms with van der Waals surface area (Å²) in [6.45, 7) is 0. The van der Waals surface area contributed by atoms with Crippen LogP contribution >= 0.6 is 0 Å². The van der Waals surface area contributed by atoms with E-state index in [1.807, 2.05) is 36.3 Å². The molecule has 142 valence electrons. The van der Waals surface area contributed by atoms with Crippen molar-refractivity contribution in [3.8, 4) is 11.4 Å². The summed E-state index contributed by atoms with van der Waals surface area (Å²) in [7, 11) is 1.05. The van der Waals surface area contributed by atoms with E-state index in [1.165, 1.54) is 36.9 Å². The van der Waals surface area contributed by atoms with Gasteiger partial charge < -0.3 is 9.55 Å². The Morgan fingerprint density at radius 3 is 2.56 bits per heavy atom. The molecule has 0 saturated heterocycles. The van der Waals surface area contributed by atoms with Crippen molar-refractivity contribution in [3.63, 3.8) is 0 Å². The second kappa shape index (κ2) is 7.85. The normalized spacial score (nSPS) is 17.3. The summed E-state index contributed by atoms with van der Waals surface area (Å²) in [5.41, 5.74) is 4.58. The number of H-pyrrole nitrogens is 1. The van der Waals surface area contributed by atoms with Gasteiger partial charge in [0.1, 0.15) is 5.69 Å². The van der Waals surface area contributed by atoms with E-state index in [-0.39, 0.29) is 0 Å². The van der Waals surface area contributed by atoms with Gasteiger partial charge in [-0.25, -0.2) is 4.98 Å². The van der Waals surface area contributed by atoms with E-state index in [1.54, 1.807) is 6.26 Å². The molecule has 2 heterocycles. The highest BCUT2D eigenvalue weighted by Crippen LogP contribution is 2.38. The summed E-state index contributed by atoms with van der Waals surface area (Å²) in [4.78, 5) is 8.97. The minimum atomic E-state index is -0.936. The largest absolute Gasteiger partial charge is 0.357 e. The van der Waals surface area contributed by atoms with E-state index < -0.39 is 10.8 Å². The third-order valence-electron chi connectivity index (χ3n) is 5.72. The molecule has 2 aromatic heterocycles. The number of rotatable bonds is 6. The summed E-state index contributed by atoms with van der Waals surface area (Å²) in [5, 5.41) is 0. The second-order valence-corrected chi connectivity index (χ2v) is 9.09. The lowest BCUT2D eigenvalue weighted by Gasteiger charge is -2.20. The van der Waals surface area contributed by atoms with Crippen LogP contribution in [0.15, 0.2) is 53.8 Å². The molecule has 3 aromatic rings. The van der Waals surface area contributed by atoms with Crippen LogP contribution in [-0.4, -0.2) is 25.0 Å². The smallest absolute Gasteiger partial charge is 0.104 e. The molecule has 1 aliphatic rings. The van der Waals surface area contributed by atoms with Gasteiger partial charge in [0, 0.05) is 46.8 Å². The average Bonchev–Trinajstić information content (AvgIpc) is 3.41. The Kier molecular flexibility index (Phi) is 5.30. The summed E-state index contributed by atoms with van der Waals surface area (Å²) in [6, 6.07) is 12.7. The number of benzene rings is 1. The summed E-state index contributed by atoms with van der Waals surface area (Å²) >= 11 is 0. The lowest BCUT2D eigenvalue weighted by molar-refractivity contribution is 0.469. The fraction of sp³-hybridized carbons (Fsp3) is 0.409. The van der Waals surface area contributed by atoms with Crippen molar-refractivity contribution in [1.29, 1.82) is 0 Å². The van der Waals surface area contributed by atoms with E-state index in [2.05, 4.69) is 34.2 Å². The molecule has 1 aromatic carbocycles. The Hall–Kier alpha value is -2.14. The Morgan fingerprint density at radius 1 is 1.19 bits per heavy atom. The first-order chi connectivity index (χ1) is 13.1. The maximum atomic E-state index is 11.7. The number of aromatic nitrogens is 3. The van der Waals surface area contributed by atoms with E-state index in [0.717, 1.165) is 28.6 Å². The van der Waals surface area contributed by atoms with Crippen LogP contribution in [-0.2, 0) is 17.8 Å². The number of hydrogen-bond donors (Lipinski definition) is 1. The summed E-state index contributed by atoms with van der Waals surface area (Å²) < 4.78 is 13.7. The van der Waals surface area contributed by atoms with E-state index in [9.17, 15) is 4.21 Å². The van der Waals surface area contributed by atoms with E-state index in [4.69, 9.17) is 0 Å². The molecular weight excluding hydrogens is 354 g/mol. The first-order valence-electron chi connectivity index (χ1n) is 9.71. The molecule has 2 atom stereocenters. The fourth-order valence-corrected chi connectivity index (χ4v) is 4.75. The number of hydrogen-bond acceptors (Lipinski definition) is 2. The number of nitrogens with zero attached hydrogens (tertiary/aromatic N) is 2. The Morgan fingerprint density at radius 2 is 1.93 bits per heavy atom. The zero-order valence-electron chi connectivity index (χ0n) is 16.0. The summed E-state index contributed by atoms with van der Waals surface area (Å²) in [5.74, 6) is 1.13. The first kappa shape index (κ1) is 18.2. The molecule has 27 heavy (non-hydrogen) atoms. The molecule has 4 rings (SSSR count). The van der Waals surface area contributed by atoms with Crippen molar-refractivity contribution in [3.05, 3.63) is 60.2 Å². The van der Waals surface area contributed by atoms with E-state index >= 15 is 0 Å². The van der Waals surface area contributed by atoms with Crippen LogP contribution in [0.3, 0.4) is 0 Å². The molecule has 1 saturated carbocycles. The third kappa shape index (κ3) is 4.08. The molecule has 2 unspecified atom stereocenters. The topological polar surface area (TPSA) is 50.7 Å². The molecule has 1 N–H and O–H groups in total. The molecule has 0 bridgehead atoms. The van der Waals surface area contributed by atoms with Crippen LogP contribution in [0, 0.1) is 5.92 Å². The van der Waals surface area contributed by atoms with Crippen LogP contribution in [0.25, 0.3) is 11.4 Å². The van der Waals surface area contributed by atoms with Crippen LogP contribution in [0.1, 0.15) is 49.3 Å². The SMILES string of the molecule is Cn1cnc(-c2ccc(C(CC3CCCC3)c3ccc(S(C)=O)cc3)[nH]2)c1. The van der Waals surface area contributed by atoms with Gasteiger partial charge in [0.25, 0.3) is 0 Å². The molecule has 0 spiro atoms. The molecule has 0 aliphatic heterocycles. The molecule has 5 heteroatoms. The van der Waals surface area contributed by atoms with Crippen molar-refractivity contribution in [2.75, 3.05) is 6.26 Å². The van der Waals surface area contributed by atoms with Crippen LogP contribution in [0.4, 0.5) is 0 Å². The fourth-order valence-electron chi connectivity index (χ4n) is 4.23. The van der Waals surface area contributed by atoms with Gasteiger partial charge in [0.05, 0.1) is 12.0 Å². The molecule has 0 radical (unpaired) electrons. The van der Waals surface area contributed by atoms with Gasteiger partial charge in [-0.3, -0.25) is 4.21 Å². The number of imidazole rings is 1. The Bertz CT molecular complexity index is 919. The summed E-state index contributed by atoms with van der Waals surface area (Å²) in [6.07, 6.45) is 12.1. The third-order valence-corrected chi connectivity index (χ3v) is 6.66. The molecule has 4 nitrogen and oxygen atoms in total. The predicted molar refractivity (Wildman–Crippen MR) is 110 cm³/mol. The van der Waals surface area contributed by atoms with Crippen molar-refractivity contribution in [2.24, 2.45) is 13.0 Å². The lowest BCUT2D eigenvalue weighted by Crippen LogP contribution is -2.08. The molecular formula is C22H27N3OS. The number of nitrogens with one attached hydrogen (secondary N) is 1. The lowest BCUT2D eigenvalue weighted by atomic mass is 9.86. The Labute approximate surface area is 163 Å². The maximum absolute atomic E-state index is 11.7. The van der Waals surface area contributed by atoms with Gasteiger partial charge in [0.2, 0.25) is 0 Å². The van der Waals surface area contributed by atoms with Gasteiger partial charge in [-0.1, -0.05) is 37.8 Å². The maximum Gasteiger partial charge on any atom is 0.104 e. The van der Waals surface area contributed by atoms with E-state index in [0.29, 0.717) is 5.92 Å². The highest BCUT2D eigenvalue weighted by Gasteiger charge is 2.24. The number of aryl methyl sites for hydroxylation is 1. The minimum Gasteiger partial charge on any atom is -0.357 e. The molecule has 0 amide bonds. The predicted octanol–water partition coefficient (Wildman–Crippen LogP) is 4.86. The van der Waals surface area contributed by atoms with Crippen molar-refractivity contribution < 1.29 is 4.21 Å². The highest BCUT2D eigenvalue weighted by molar-refractivity contribution is 7.84. The van der Waals surface area contributed by atoms with Gasteiger partial charge in [0.15, 0.2) is 0 Å². The van der Waals surface area contributed by atoms with Crippen LogP contribution in [0.5, 0.6) is 0 Å². The standard InChI is InChI=1S/C22H27N3OS/c1-25-14-22(23-15-25)21-12-11-20(24-21)19(13-16-5-3-4-6-16)17-7-9-18(10-8-17)27(2)26/h7-12,14-16,19,24H,3-6,13H2,1-2H3.